The van der Waals surface area contributed by atoms with Crippen molar-refractivity contribution in [3.63, 3.8) is 0 Å². The molecule has 0 radical (unpaired) electrons. The lowest BCUT2D eigenvalue weighted by Gasteiger charge is -1.99. The van der Waals surface area contributed by atoms with Gasteiger partial charge < -0.3 is 10.1 Å². The van der Waals surface area contributed by atoms with Crippen molar-refractivity contribution >= 4 is 28.4 Å². The molecular weight excluding hydrogens is 386 g/mol. The van der Waals surface area contributed by atoms with Gasteiger partial charge in [0, 0.05) is 24.6 Å². The van der Waals surface area contributed by atoms with E-state index in [1.54, 1.807) is 24.3 Å². The molecule has 3 aromatic carbocycles. The van der Waals surface area contributed by atoms with Crippen LogP contribution in [0.1, 0.15) is 0 Å². The Labute approximate surface area is 181 Å². The Bertz CT molecular complexity index is 1230. The number of benzene rings is 3. The summed E-state index contributed by atoms with van der Waals surface area (Å²) >= 11 is 0. The maximum atomic E-state index is 5.22. The van der Waals surface area contributed by atoms with Gasteiger partial charge >= 0.3 is 0 Å². The van der Waals surface area contributed by atoms with Crippen LogP contribution in [0.2, 0.25) is 0 Å². The van der Waals surface area contributed by atoms with E-state index in [2.05, 4.69) is 55.6 Å². The van der Waals surface area contributed by atoms with Crippen molar-refractivity contribution in [1.29, 1.82) is 0 Å². The average Bonchev–Trinajstić information content (AvgIpc) is 2.83. The van der Waals surface area contributed by atoms with Gasteiger partial charge in [0.1, 0.15) is 11.9 Å². The minimum Gasteiger partial charge on any atom is -0.407 e. The molecule has 6 heteroatoms. The predicted molar refractivity (Wildman–Crippen MR) is 122 cm³/mol. The third-order valence-electron chi connectivity index (χ3n) is 3.82. The Hall–Kier alpha value is -4.86. The van der Waals surface area contributed by atoms with Gasteiger partial charge in [0.2, 0.25) is 0 Å². The predicted octanol–water partition coefficient (Wildman–Crippen LogP) is 6.54. The first kappa shape index (κ1) is 20.9. The number of hydrogen-bond donors (Lipinski definition) is 1. The topological polar surface area (TPSA) is 70.7 Å². The Morgan fingerprint density at radius 2 is 1.10 bits per heavy atom. The van der Waals surface area contributed by atoms with Gasteiger partial charge in [-0.3, -0.25) is 0 Å². The number of nitrogens with zero attached hydrogens (tertiary/aromatic N) is 4. The van der Waals surface area contributed by atoms with Gasteiger partial charge in [-0.15, -0.1) is 6.42 Å². The highest BCUT2D eigenvalue weighted by Gasteiger charge is 1.96. The van der Waals surface area contributed by atoms with Crippen molar-refractivity contribution < 1.29 is 4.74 Å². The van der Waals surface area contributed by atoms with Crippen molar-refractivity contribution in [2.24, 2.45) is 20.5 Å². The van der Waals surface area contributed by atoms with Gasteiger partial charge in [-0.2, -0.15) is 20.5 Å². The Kier molecular flexibility index (Phi) is 7.55. The van der Waals surface area contributed by atoms with Crippen LogP contribution in [0.5, 0.6) is 5.75 Å². The molecule has 0 aliphatic rings. The third-order valence-corrected chi connectivity index (χ3v) is 3.82. The van der Waals surface area contributed by atoms with E-state index in [-0.39, 0.29) is 0 Å². The number of terminal acetylenes is 1. The van der Waals surface area contributed by atoms with Crippen LogP contribution in [-0.4, -0.2) is 7.05 Å². The highest BCUT2D eigenvalue weighted by Crippen LogP contribution is 2.24. The number of azo groups is 2. The average molecular weight is 403 g/mol. The molecule has 0 fully saturated rings. The maximum absolute atomic E-state index is 5.22. The summed E-state index contributed by atoms with van der Waals surface area (Å²) in [6.45, 7) is 0. The fourth-order valence-corrected chi connectivity index (χ4v) is 2.27. The van der Waals surface area contributed by atoms with Crippen LogP contribution in [0.15, 0.2) is 93.3 Å². The van der Waals surface area contributed by atoms with Crippen molar-refractivity contribution in [3.05, 3.63) is 72.8 Å². The second-order valence-corrected chi connectivity index (χ2v) is 5.93. The molecule has 3 aromatic rings. The molecule has 31 heavy (non-hydrogen) atoms. The summed E-state index contributed by atoms with van der Waals surface area (Å²) in [7, 11) is 1.87. The Balaban J connectivity index is 1.56. The van der Waals surface area contributed by atoms with Crippen molar-refractivity contribution in [3.8, 4) is 42.0 Å². The summed E-state index contributed by atoms with van der Waals surface area (Å²) in [5.74, 6) is 10.1. The second-order valence-electron chi connectivity index (χ2n) is 5.93. The first-order valence-electron chi connectivity index (χ1n) is 9.21. The molecule has 0 unspecified atom stereocenters. The molecule has 3 rings (SSSR count). The van der Waals surface area contributed by atoms with E-state index in [9.17, 15) is 0 Å². The normalized spacial score (nSPS) is 9.94. The summed E-state index contributed by atoms with van der Waals surface area (Å²) in [5.41, 5.74) is 3.92. The zero-order valence-corrected chi connectivity index (χ0v) is 16.7. The SMILES string of the molecule is C#CC#CC#COc1ccc(N=Nc2ccc(N=Nc3ccc(NC)cc3)cc2)cc1. The lowest BCUT2D eigenvalue weighted by molar-refractivity contribution is 0.520. The molecule has 0 atom stereocenters. The molecule has 0 spiro atoms. The minimum atomic E-state index is 0.573. The van der Waals surface area contributed by atoms with Crippen molar-refractivity contribution in [1.82, 2.24) is 0 Å². The highest BCUT2D eigenvalue weighted by molar-refractivity contribution is 5.51. The standard InChI is InChI=1S/C25H17N5O/c1-3-4-5-6-19-31-25-17-15-24(16-18-25)30-29-23-13-11-22(12-14-23)28-27-21-9-7-20(26-2)8-10-21/h1,7-18,26H,2H3. The van der Waals surface area contributed by atoms with Gasteiger partial charge in [-0.1, -0.05) is 0 Å². The fourth-order valence-electron chi connectivity index (χ4n) is 2.27. The van der Waals surface area contributed by atoms with Gasteiger partial charge in [-0.25, -0.2) is 0 Å². The molecule has 0 aromatic heterocycles. The Morgan fingerprint density at radius 1 is 0.645 bits per heavy atom. The smallest absolute Gasteiger partial charge is 0.140 e. The van der Waals surface area contributed by atoms with Crippen LogP contribution < -0.4 is 10.1 Å². The van der Waals surface area contributed by atoms with Crippen LogP contribution in [0, 0.1) is 36.2 Å². The van der Waals surface area contributed by atoms with Crippen LogP contribution in [0.4, 0.5) is 28.4 Å². The highest BCUT2D eigenvalue weighted by atomic mass is 16.5. The summed E-state index contributed by atoms with van der Waals surface area (Å²) in [4.78, 5) is 0. The van der Waals surface area contributed by atoms with E-state index in [4.69, 9.17) is 11.2 Å². The van der Waals surface area contributed by atoms with Crippen molar-refractivity contribution in [2.75, 3.05) is 12.4 Å². The van der Waals surface area contributed by atoms with Crippen molar-refractivity contribution in [2.45, 2.75) is 0 Å². The molecule has 6 nitrogen and oxygen atoms in total. The molecule has 0 bridgehead atoms. The summed E-state index contributed by atoms with van der Waals surface area (Å²) < 4.78 is 5.22. The van der Waals surface area contributed by atoms with Gasteiger partial charge in [-0.05, 0) is 84.6 Å². The molecular formula is C25H17N5O. The molecule has 1 N–H and O–H groups in total. The summed E-state index contributed by atoms with van der Waals surface area (Å²) in [5, 5.41) is 19.9. The lowest BCUT2D eigenvalue weighted by atomic mass is 10.3. The van der Waals surface area contributed by atoms with E-state index >= 15 is 0 Å². The summed E-state index contributed by atoms with van der Waals surface area (Å²) in [6, 6.07) is 22.0. The quantitative estimate of drug-likeness (QED) is 0.375. The molecule has 0 aliphatic heterocycles. The first-order chi connectivity index (χ1) is 15.3. The van der Waals surface area contributed by atoms with Crippen LogP contribution in [0.25, 0.3) is 0 Å². The first-order valence-corrected chi connectivity index (χ1v) is 9.21. The fraction of sp³-hybridized carbons (Fsp3) is 0.0400. The molecule has 0 saturated heterocycles. The molecule has 148 valence electrons. The molecule has 0 amide bonds. The third kappa shape index (κ3) is 6.91. The monoisotopic (exact) mass is 403 g/mol. The molecule has 0 aliphatic carbocycles. The van der Waals surface area contributed by atoms with E-state index in [0.717, 1.165) is 17.1 Å². The lowest BCUT2D eigenvalue weighted by Crippen LogP contribution is -1.84. The van der Waals surface area contributed by atoms with E-state index < -0.39 is 0 Å². The van der Waals surface area contributed by atoms with E-state index in [1.807, 2.05) is 55.6 Å². The van der Waals surface area contributed by atoms with Gasteiger partial charge in [0.15, 0.2) is 0 Å². The number of anilines is 1. The van der Waals surface area contributed by atoms with Gasteiger partial charge in [0.25, 0.3) is 0 Å². The van der Waals surface area contributed by atoms with Crippen LogP contribution in [-0.2, 0) is 0 Å². The molecule has 0 saturated carbocycles. The second kappa shape index (κ2) is 11.2. The zero-order chi connectivity index (χ0) is 21.7. The largest absolute Gasteiger partial charge is 0.407 e. The molecule has 0 heterocycles. The van der Waals surface area contributed by atoms with Crippen LogP contribution in [0.3, 0.4) is 0 Å². The number of ether oxygens (including phenoxy) is 1. The summed E-state index contributed by atoms with van der Waals surface area (Å²) in [6.07, 6.45) is 7.45. The Morgan fingerprint density at radius 3 is 1.55 bits per heavy atom. The number of rotatable bonds is 6. The van der Waals surface area contributed by atoms with Crippen LogP contribution >= 0.6 is 0 Å². The van der Waals surface area contributed by atoms with Gasteiger partial charge in [0.05, 0.1) is 22.7 Å². The minimum absolute atomic E-state index is 0.573. The van der Waals surface area contributed by atoms with E-state index in [1.165, 1.54) is 0 Å². The number of nitrogens with one attached hydrogen (secondary N) is 1. The number of hydrogen-bond acceptors (Lipinski definition) is 6. The zero-order valence-electron chi connectivity index (χ0n) is 16.7. The van der Waals surface area contributed by atoms with E-state index in [0.29, 0.717) is 17.1 Å². The maximum Gasteiger partial charge on any atom is 0.140 e.